The van der Waals surface area contributed by atoms with Gasteiger partial charge in [-0.05, 0) is 6.07 Å². The van der Waals surface area contributed by atoms with E-state index in [1.54, 1.807) is 0 Å². The van der Waals surface area contributed by atoms with Gasteiger partial charge in [0.2, 0.25) is 10.0 Å². The summed E-state index contributed by atoms with van der Waals surface area (Å²) in [5, 5.41) is 4.95. The highest BCUT2D eigenvalue weighted by Crippen LogP contribution is 2.35. The molecule has 0 aliphatic carbocycles. The third-order valence-corrected chi connectivity index (χ3v) is 5.38. The van der Waals surface area contributed by atoms with Crippen LogP contribution in [0, 0.1) is 0 Å². The highest BCUT2D eigenvalue weighted by molar-refractivity contribution is 8.02. The van der Waals surface area contributed by atoms with Gasteiger partial charge >= 0.3 is 5.97 Å². The minimum absolute atomic E-state index is 0.0163. The Labute approximate surface area is 101 Å². The lowest BCUT2D eigenvalue weighted by atomic mass is 10.6. The number of nitrogen functional groups attached to an aromatic ring is 1. The van der Waals surface area contributed by atoms with Crippen LogP contribution in [0.25, 0.3) is 0 Å². The molecular weight excluding hydrogens is 272 g/mol. The predicted octanol–water partition coefficient (Wildman–Crippen LogP) is 0.243. The maximum Gasteiger partial charge on any atom is 0.316 e. The van der Waals surface area contributed by atoms with Gasteiger partial charge in [-0.1, -0.05) is 0 Å². The Morgan fingerprint density at radius 1 is 1.62 bits per heavy atom. The molecule has 1 heterocycles. The number of carbonyl (C=O) groups excluding carboxylic acids is 1. The second-order valence-electron chi connectivity index (χ2n) is 2.72. The Hall–Kier alpha value is -0.770. The number of hydrogen-bond acceptors (Lipinski definition) is 7. The van der Waals surface area contributed by atoms with E-state index >= 15 is 0 Å². The third kappa shape index (κ3) is 3.37. The summed E-state index contributed by atoms with van der Waals surface area (Å²) >= 11 is 2.05. The predicted molar refractivity (Wildman–Crippen MR) is 62.8 cm³/mol. The quantitative estimate of drug-likeness (QED) is 0.604. The van der Waals surface area contributed by atoms with Gasteiger partial charge in [-0.2, -0.15) is 0 Å². The van der Waals surface area contributed by atoms with Crippen LogP contribution in [0.3, 0.4) is 0 Å². The van der Waals surface area contributed by atoms with E-state index in [0.717, 1.165) is 23.1 Å². The summed E-state index contributed by atoms with van der Waals surface area (Å²) in [5.74, 6) is -0.333. The summed E-state index contributed by atoms with van der Waals surface area (Å²) in [6, 6.07) is 1.28. The van der Waals surface area contributed by atoms with Crippen molar-refractivity contribution < 1.29 is 17.9 Å². The van der Waals surface area contributed by atoms with Crippen LogP contribution in [-0.2, 0) is 19.6 Å². The second-order valence-corrected chi connectivity index (χ2v) is 6.80. The minimum atomic E-state index is -3.74. The SMILES string of the molecule is COC(=O)CSc1sc(S(N)(=O)=O)cc1N. The van der Waals surface area contributed by atoms with Crippen LogP contribution in [0.4, 0.5) is 5.69 Å². The van der Waals surface area contributed by atoms with E-state index in [1.165, 1.54) is 13.2 Å². The Morgan fingerprint density at radius 3 is 2.69 bits per heavy atom. The Bertz CT molecular complexity index is 494. The molecule has 0 fully saturated rings. The van der Waals surface area contributed by atoms with Gasteiger partial charge < -0.3 is 10.5 Å². The molecule has 0 aliphatic heterocycles. The molecule has 0 amide bonds. The standard InChI is InChI=1S/C7H10N2O4S3/c1-13-5(10)3-14-7-4(8)2-6(15-7)16(9,11)12/h2H,3,8H2,1H3,(H2,9,11,12). The summed E-state index contributed by atoms with van der Waals surface area (Å²) in [6.45, 7) is 0. The van der Waals surface area contributed by atoms with Crippen molar-refractivity contribution >= 4 is 44.8 Å². The van der Waals surface area contributed by atoms with Crippen molar-refractivity contribution in [2.75, 3.05) is 18.6 Å². The Balaban J connectivity index is 2.83. The van der Waals surface area contributed by atoms with Gasteiger partial charge in [-0.25, -0.2) is 13.6 Å². The van der Waals surface area contributed by atoms with Crippen LogP contribution in [-0.4, -0.2) is 27.2 Å². The molecule has 0 aliphatic rings. The Morgan fingerprint density at radius 2 is 2.25 bits per heavy atom. The van der Waals surface area contributed by atoms with E-state index in [2.05, 4.69) is 4.74 Å². The van der Waals surface area contributed by atoms with E-state index < -0.39 is 16.0 Å². The molecule has 0 bridgehead atoms. The zero-order valence-electron chi connectivity index (χ0n) is 8.30. The molecule has 0 saturated heterocycles. The molecule has 16 heavy (non-hydrogen) atoms. The first-order valence-electron chi connectivity index (χ1n) is 3.96. The number of methoxy groups -OCH3 is 1. The molecule has 6 nitrogen and oxygen atoms in total. The number of thioether (sulfide) groups is 1. The van der Waals surface area contributed by atoms with Gasteiger partial charge in [-0.15, -0.1) is 23.1 Å². The Kier molecular flexibility index (Phi) is 4.19. The number of hydrogen-bond donors (Lipinski definition) is 2. The number of primary sulfonamides is 1. The molecule has 1 rings (SSSR count). The van der Waals surface area contributed by atoms with E-state index in [-0.39, 0.29) is 9.96 Å². The molecule has 9 heteroatoms. The van der Waals surface area contributed by atoms with E-state index in [9.17, 15) is 13.2 Å². The largest absolute Gasteiger partial charge is 0.468 e. The van der Waals surface area contributed by atoms with Crippen LogP contribution in [0.2, 0.25) is 0 Å². The minimum Gasteiger partial charge on any atom is -0.468 e. The van der Waals surface area contributed by atoms with Crippen LogP contribution in [0.15, 0.2) is 14.5 Å². The number of esters is 1. The average Bonchev–Trinajstić information content (AvgIpc) is 2.56. The monoisotopic (exact) mass is 282 g/mol. The van der Waals surface area contributed by atoms with Gasteiger partial charge in [0, 0.05) is 0 Å². The lowest BCUT2D eigenvalue weighted by molar-refractivity contribution is -0.137. The topological polar surface area (TPSA) is 112 Å². The normalized spacial score (nSPS) is 11.4. The number of ether oxygens (including phenoxy) is 1. The fourth-order valence-electron chi connectivity index (χ4n) is 0.802. The van der Waals surface area contributed by atoms with Gasteiger partial charge in [0.05, 0.1) is 22.8 Å². The number of anilines is 1. The fourth-order valence-corrected chi connectivity index (χ4v) is 3.79. The molecule has 4 N–H and O–H groups in total. The molecular formula is C7H10N2O4S3. The lowest BCUT2D eigenvalue weighted by Crippen LogP contribution is -2.09. The van der Waals surface area contributed by atoms with E-state index in [0.29, 0.717) is 9.90 Å². The van der Waals surface area contributed by atoms with E-state index in [4.69, 9.17) is 10.9 Å². The number of carbonyl (C=O) groups is 1. The molecule has 1 aromatic heterocycles. The average molecular weight is 282 g/mol. The van der Waals surface area contributed by atoms with E-state index in [1.807, 2.05) is 0 Å². The molecule has 0 aromatic carbocycles. The molecule has 0 radical (unpaired) electrons. The first-order chi connectivity index (χ1) is 7.34. The number of nitrogens with two attached hydrogens (primary N) is 2. The van der Waals surface area contributed by atoms with Crippen molar-refractivity contribution in [2.45, 2.75) is 8.42 Å². The van der Waals surface area contributed by atoms with Gasteiger partial charge in [-0.3, -0.25) is 4.79 Å². The second kappa shape index (κ2) is 5.04. The summed E-state index contributed by atoms with van der Waals surface area (Å²) in [5.41, 5.74) is 5.88. The molecule has 0 atom stereocenters. The lowest BCUT2D eigenvalue weighted by Gasteiger charge is -1.97. The number of sulfonamides is 1. The molecule has 0 spiro atoms. The highest BCUT2D eigenvalue weighted by Gasteiger charge is 2.16. The first-order valence-corrected chi connectivity index (χ1v) is 7.31. The van der Waals surface area contributed by atoms with Crippen molar-refractivity contribution in [3.63, 3.8) is 0 Å². The summed E-state index contributed by atoms with van der Waals surface area (Å²) in [4.78, 5) is 10.9. The summed E-state index contributed by atoms with van der Waals surface area (Å²) in [7, 11) is -2.47. The van der Waals surface area contributed by atoms with Crippen molar-refractivity contribution in [1.29, 1.82) is 0 Å². The zero-order valence-corrected chi connectivity index (χ0v) is 10.7. The molecule has 1 aromatic rings. The fraction of sp³-hybridized carbons (Fsp3) is 0.286. The maximum absolute atomic E-state index is 11.0. The number of thiophene rings is 1. The third-order valence-electron chi connectivity index (χ3n) is 1.53. The van der Waals surface area contributed by atoms with Crippen molar-refractivity contribution in [2.24, 2.45) is 5.14 Å². The van der Waals surface area contributed by atoms with Crippen molar-refractivity contribution in [3.8, 4) is 0 Å². The van der Waals surface area contributed by atoms with Gasteiger partial charge in [0.15, 0.2) is 0 Å². The zero-order chi connectivity index (χ0) is 12.3. The van der Waals surface area contributed by atoms with Crippen molar-refractivity contribution in [1.82, 2.24) is 0 Å². The smallest absolute Gasteiger partial charge is 0.316 e. The number of rotatable bonds is 4. The molecule has 90 valence electrons. The molecule has 0 unspecified atom stereocenters. The first kappa shape index (κ1) is 13.3. The summed E-state index contributed by atoms with van der Waals surface area (Å²) < 4.78 is 27.0. The van der Waals surface area contributed by atoms with Crippen LogP contribution >= 0.6 is 23.1 Å². The van der Waals surface area contributed by atoms with Gasteiger partial charge in [0.25, 0.3) is 0 Å². The van der Waals surface area contributed by atoms with Gasteiger partial charge in [0.1, 0.15) is 4.21 Å². The molecule has 0 saturated carbocycles. The van der Waals surface area contributed by atoms with Crippen LogP contribution < -0.4 is 10.9 Å². The van der Waals surface area contributed by atoms with Crippen molar-refractivity contribution in [3.05, 3.63) is 6.07 Å². The highest BCUT2D eigenvalue weighted by atomic mass is 32.3. The summed E-state index contributed by atoms with van der Waals surface area (Å²) in [6.07, 6.45) is 0. The van der Waals surface area contributed by atoms with Crippen LogP contribution in [0.5, 0.6) is 0 Å². The van der Waals surface area contributed by atoms with Crippen LogP contribution in [0.1, 0.15) is 0 Å². The maximum atomic E-state index is 11.0.